The van der Waals surface area contributed by atoms with Gasteiger partial charge in [-0.15, -0.1) is 0 Å². The molecule has 0 aliphatic carbocycles. The summed E-state index contributed by atoms with van der Waals surface area (Å²) >= 11 is 0. The molecule has 0 saturated heterocycles. The van der Waals surface area contributed by atoms with Gasteiger partial charge in [-0.3, -0.25) is 4.79 Å². The van der Waals surface area contributed by atoms with Crippen molar-refractivity contribution in [3.63, 3.8) is 0 Å². The van der Waals surface area contributed by atoms with Gasteiger partial charge in [0, 0.05) is 12.6 Å². The largest absolute Gasteiger partial charge is 0.463 e. The van der Waals surface area contributed by atoms with Gasteiger partial charge >= 0.3 is 5.97 Å². The summed E-state index contributed by atoms with van der Waals surface area (Å²) in [4.78, 5) is 10.5. The number of anilines is 1. The highest BCUT2D eigenvalue weighted by atomic mass is 16.5. The van der Waals surface area contributed by atoms with Crippen molar-refractivity contribution in [3.8, 4) is 0 Å². The van der Waals surface area contributed by atoms with Gasteiger partial charge in [-0.2, -0.15) is 0 Å². The van der Waals surface area contributed by atoms with Crippen molar-refractivity contribution in [1.29, 1.82) is 0 Å². The third-order valence-electron chi connectivity index (χ3n) is 1.77. The van der Waals surface area contributed by atoms with Gasteiger partial charge in [-0.05, 0) is 17.7 Å². The maximum atomic E-state index is 10.5. The van der Waals surface area contributed by atoms with Crippen LogP contribution in [-0.2, 0) is 9.53 Å². The molecule has 0 aromatic heterocycles. The van der Waals surface area contributed by atoms with Crippen LogP contribution in [0, 0.1) is 0 Å². The molecule has 0 spiro atoms. The molecule has 1 aromatic rings. The first-order valence-corrected chi connectivity index (χ1v) is 4.26. The highest BCUT2D eigenvalue weighted by Gasteiger charge is 2.08. The molecule has 0 aliphatic heterocycles. The normalized spacial score (nSPS) is 12.1. The Morgan fingerprint density at radius 3 is 2.57 bits per heavy atom. The molecule has 0 aliphatic rings. The third-order valence-corrected chi connectivity index (χ3v) is 1.77. The molecule has 3 N–H and O–H groups in total. The second kappa shape index (κ2) is 4.62. The molecule has 1 aromatic carbocycles. The number of benzene rings is 1. The topological polar surface area (TPSA) is 72.5 Å². The lowest BCUT2D eigenvalue weighted by atomic mass is 10.1. The number of carbonyl (C=O) groups is 1. The van der Waals surface area contributed by atoms with Crippen molar-refractivity contribution < 1.29 is 14.6 Å². The van der Waals surface area contributed by atoms with Crippen LogP contribution in [0.15, 0.2) is 24.3 Å². The Kier molecular flexibility index (Phi) is 3.48. The fourth-order valence-corrected chi connectivity index (χ4v) is 1.01. The summed E-state index contributed by atoms with van der Waals surface area (Å²) in [5.74, 6) is -0.403. The zero-order chi connectivity index (χ0) is 10.6. The van der Waals surface area contributed by atoms with E-state index in [0.29, 0.717) is 11.3 Å². The minimum Gasteiger partial charge on any atom is -0.463 e. The van der Waals surface area contributed by atoms with Gasteiger partial charge in [0.1, 0.15) is 12.7 Å². The molecule has 0 bridgehead atoms. The summed E-state index contributed by atoms with van der Waals surface area (Å²) in [6.07, 6.45) is -0.792. The van der Waals surface area contributed by atoms with E-state index in [1.165, 1.54) is 6.92 Å². The van der Waals surface area contributed by atoms with Crippen LogP contribution >= 0.6 is 0 Å². The van der Waals surface area contributed by atoms with Crippen molar-refractivity contribution in [2.75, 3.05) is 12.3 Å². The van der Waals surface area contributed by atoms with E-state index in [9.17, 15) is 9.90 Å². The predicted octanol–water partition coefficient (Wildman–Crippen LogP) is 0.865. The first kappa shape index (κ1) is 10.5. The molecule has 1 unspecified atom stereocenters. The highest BCUT2D eigenvalue weighted by Crippen LogP contribution is 2.14. The molecule has 1 rings (SSSR count). The molecule has 0 amide bonds. The number of nitrogen functional groups attached to an aromatic ring is 1. The van der Waals surface area contributed by atoms with Crippen molar-refractivity contribution in [2.45, 2.75) is 13.0 Å². The third kappa shape index (κ3) is 3.06. The highest BCUT2D eigenvalue weighted by molar-refractivity contribution is 5.65. The van der Waals surface area contributed by atoms with Crippen molar-refractivity contribution in [3.05, 3.63) is 29.8 Å². The Hall–Kier alpha value is -1.55. The zero-order valence-corrected chi connectivity index (χ0v) is 7.93. The number of aliphatic hydroxyl groups excluding tert-OH is 1. The van der Waals surface area contributed by atoms with Crippen LogP contribution in [0.1, 0.15) is 18.6 Å². The van der Waals surface area contributed by atoms with Crippen LogP contribution in [-0.4, -0.2) is 17.7 Å². The average molecular weight is 195 g/mol. The van der Waals surface area contributed by atoms with Gasteiger partial charge in [0.2, 0.25) is 0 Å². The lowest BCUT2D eigenvalue weighted by Gasteiger charge is -2.10. The van der Waals surface area contributed by atoms with E-state index in [0.717, 1.165) is 0 Å². The lowest BCUT2D eigenvalue weighted by molar-refractivity contribution is -0.144. The lowest BCUT2D eigenvalue weighted by Crippen LogP contribution is -2.10. The first-order valence-electron chi connectivity index (χ1n) is 4.26. The molecular weight excluding hydrogens is 182 g/mol. The first-order chi connectivity index (χ1) is 6.59. The predicted molar refractivity (Wildman–Crippen MR) is 52.4 cm³/mol. The Balaban J connectivity index is 2.56. The van der Waals surface area contributed by atoms with Crippen molar-refractivity contribution in [1.82, 2.24) is 0 Å². The number of carbonyl (C=O) groups excluding carboxylic acids is 1. The SMILES string of the molecule is CC(=O)OCC(O)c1ccc(N)cc1. The smallest absolute Gasteiger partial charge is 0.302 e. The fourth-order valence-electron chi connectivity index (χ4n) is 1.01. The standard InChI is InChI=1S/C10H13NO3/c1-7(12)14-6-10(13)8-2-4-9(11)5-3-8/h2-5,10,13H,6,11H2,1H3. The van der Waals surface area contributed by atoms with Crippen LogP contribution in [0.25, 0.3) is 0 Å². The average Bonchev–Trinajstić information content (AvgIpc) is 2.15. The molecule has 4 nitrogen and oxygen atoms in total. The maximum Gasteiger partial charge on any atom is 0.302 e. The second-order valence-corrected chi connectivity index (χ2v) is 2.99. The molecular formula is C10H13NO3. The van der Waals surface area contributed by atoms with Gasteiger partial charge in [0.15, 0.2) is 0 Å². The van der Waals surface area contributed by atoms with Crippen molar-refractivity contribution >= 4 is 11.7 Å². The Bertz CT molecular complexity index is 308. The second-order valence-electron chi connectivity index (χ2n) is 2.99. The molecule has 0 saturated carbocycles. The van der Waals surface area contributed by atoms with E-state index in [4.69, 9.17) is 5.73 Å². The molecule has 4 heteroatoms. The quantitative estimate of drug-likeness (QED) is 0.554. The maximum absolute atomic E-state index is 10.5. The number of rotatable bonds is 3. The summed E-state index contributed by atoms with van der Waals surface area (Å²) in [6, 6.07) is 6.77. The number of hydrogen-bond donors (Lipinski definition) is 2. The van der Waals surface area contributed by atoms with E-state index >= 15 is 0 Å². The monoisotopic (exact) mass is 195 g/mol. The molecule has 1 atom stereocenters. The summed E-state index contributed by atoms with van der Waals surface area (Å²) in [5, 5.41) is 9.54. The Labute approximate surface area is 82.3 Å². The van der Waals surface area contributed by atoms with Gasteiger partial charge in [0.25, 0.3) is 0 Å². The number of aliphatic hydroxyl groups is 1. The minimum absolute atomic E-state index is 0.0285. The summed E-state index contributed by atoms with van der Waals surface area (Å²) < 4.78 is 4.67. The van der Waals surface area contributed by atoms with Crippen molar-refractivity contribution in [2.24, 2.45) is 0 Å². The van der Waals surface area contributed by atoms with Crippen LogP contribution in [0.4, 0.5) is 5.69 Å². The van der Waals surface area contributed by atoms with Gasteiger partial charge in [-0.1, -0.05) is 12.1 Å². The number of hydrogen-bond acceptors (Lipinski definition) is 4. The van der Waals surface area contributed by atoms with E-state index in [1.807, 2.05) is 0 Å². The minimum atomic E-state index is -0.792. The molecule has 0 fully saturated rings. The molecule has 14 heavy (non-hydrogen) atoms. The van der Waals surface area contributed by atoms with E-state index in [1.54, 1.807) is 24.3 Å². The van der Waals surface area contributed by atoms with Crippen LogP contribution in [0.2, 0.25) is 0 Å². The summed E-state index contributed by atoms with van der Waals surface area (Å²) in [7, 11) is 0. The molecule has 76 valence electrons. The zero-order valence-electron chi connectivity index (χ0n) is 7.93. The number of ether oxygens (including phenoxy) is 1. The van der Waals surface area contributed by atoms with Gasteiger partial charge < -0.3 is 15.6 Å². The Morgan fingerprint density at radius 1 is 1.50 bits per heavy atom. The van der Waals surface area contributed by atoms with Crippen LogP contribution in [0.5, 0.6) is 0 Å². The summed E-state index contributed by atoms with van der Waals surface area (Å²) in [5.41, 5.74) is 6.80. The number of esters is 1. The van der Waals surface area contributed by atoms with E-state index in [2.05, 4.69) is 4.74 Å². The van der Waals surface area contributed by atoms with E-state index in [-0.39, 0.29) is 6.61 Å². The molecule has 0 heterocycles. The van der Waals surface area contributed by atoms with E-state index < -0.39 is 12.1 Å². The molecule has 0 radical (unpaired) electrons. The van der Waals surface area contributed by atoms with Crippen LogP contribution < -0.4 is 5.73 Å². The van der Waals surface area contributed by atoms with Crippen LogP contribution in [0.3, 0.4) is 0 Å². The Morgan fingerprint density at radius 2 is 2.07 bits per heavy atom. The fraction of sp³-hybridized carbons (Fsp3) is 0.300. The van der Waals surface area contributed by atoms with Gasteiger partial charge in [-0.25, -0.2) is 0 Å². The van der Waals surface area contributed by atoms with Gasteiger partial charge in [0.05, 0.1) is 0 Å². The number of nitrogens with two attached hydrogens (primary N) is 1. The summed E-state index contributed by atoms with van der Waals surface area (Å²) in [6.45, 7) is 1.27.